The molecule has 1 aromatic rings. The zero-order valence-corrected chi connectivity index (χ0v) is 7.06. The van der Waals surface area contributed by atoms with Crippen LogP contribution in [0.15, 0.2) is 18.3 Å². The number of rotatable bonds is 2. The van der Waals surface area contributed by atoms with Gasteiger partial charge in [0.1, 0.15) is 0 Å². The molecule has 1 unspecified atom stereocenters. The molecule has 0 N–H and O–H groups in total. The number of pyridine rings is 1. The molecule has 0 aliphatic heterocycles. The van der Waals surface area contributed by atoms with Gasteiger partial charge >= 0.3 is 0 Å². The van der Waals surface area contributed by atoms with Crippen molar-refractivity contribution in [1.82, 2.24) is 4.98 Å². The minimum absolute atomic E-state index is 0.125. The van der Waals surface area contributed by atoms with Gasteiger partial charge in [0.05, 0.1) is 16.5 Å². The summed E-state index contributed by atoms with van der Waals surface area (Å²) in [5.41, 5.74) is 0.391. The molecule has 1 heterocycles. The average Bonchev–Trinajstić information content (AvgIpc) is 1.93. The van der Waals surface area contributed by atoms with E-state index < -0.39 is 11.1 Å². The molecule has 0 spiro atoms. The topological polar surface area (TPSA) is 53.0 Å². The van der Waals surface area contributed by atoms with Gasteiger partial charge in [0.2, 0.25) is 0 Å². The highest BCUT2D eigenvalue weighted by Gasteiger charge is 1.98. The van der Waals surface area contributed by atoms with Gasteiger partial charge in [-0.15, -0.1) is 0 Å². The molecule has 0 bridgehead atoms. The van der Waals surface area contributed by atoms with E-state index in [2.05, 4.69) is 4.98 Å². The summed E-state index contributed by atoms with van der Waals surface area (Å²) in [6, 6.07) is 3.26. The fourth-order valence-corrected chi connectivity index (χ4v) is 1.36. The van der Waals surface area contributed by atoms with Crippen LogP contribution < -0.4 is 0 Å². The minimum Gasteiger partial charge on any atom is -0.772 e. The van der Waals surface area contributed by atoms with Gasteiger partial charge in [0, 0.05) is 6.20 Å². The maximum Gasteiger partial charge on any atom is 0.0702 e. The van der Waals surface area contributed by atoms with Crippen LogP contribution in [0, 0.1) is 0 Å². The first-order chi connectivity index (χ1) is 5.20. The van der Waals surface area contributed by atoms with Crippen LogP contribution in [0.25, 0.3) is 0 Å². The summed E-state index contributed by atoms with van der Waals surface area (Å²) < 4.78 is 20.4. The first-order valence-electron chi connectivity index (χ1n) is 2.85. The zero-order chi connectivity index (χ0) is 8.27. The molecular weight excluding hydrogens is 186 g/mol. The molecule has 0 aliphatic rings. The molecule has 0 saturated heterocycles. The summed E-state index contributed by atoms with van der Waals surface area (Å²) in [7, 11) is 0. The van der Waals surface area contributed by atoms with Crippen LogP contribution in [0.2, 0.25) is 5.02 Å². The van der Waals surface area contributed by atoms with Gasteiger partial charge in [-0.25, -0.2) is 0 Å². The van der Waals surface area contributed by atoms with E-state index in [1.54, 1.807) is 12.1 Å². The second-order valence-corrected chi connectivity index (χ2v) is 3.18. The van der Waals surface area contributed by atoms with Crippen molar-refractivity contribution in [1.29, 1.82) is 0 Å². The third kappa shape index (κ3) is 2.57. The standard InChI is InChI=1S/C6H6ClNO2S/c7-5-2-1-3-8-6(5)4-11(9)10/h1-3H,4H2,(H,9,10)/p-1. The molecule has 0 fully saturated rings. The average molecular weight is 191 g/mol. The lowest BCUT2D eigenvalue weighted by Crippen LogP contribution is -1.96. The van der Waals surface area contributed by atoms with Crippen molar-refractivity contribution in [2.75, 3.05) is 0 Å². The van der Waals surface area contributed by atoms with Crippen LogP contribution in [0.1, 0.15) is 5.69 Å². The third-order valence-electron chi connectivity index (χ3n) is 1.09. The van der Waals surface area contributed by atoms with Gasteiger partial charge in [-0.3, -0.25) is 9.19 Å². The first-order valence-corrected chi connectivity index (χ1v) is 4.47. The lowest BCUT2D eigenvalue weighted by atomic mass is 10.4. The summed E-state index contributed by atoms with van der Waals surface area (Å²) in [4.78, 5) is 3.79. The molecule has 0 radical (unpaired) electrons. The molecule has 3 nitrogen and oxygen atoms in total. The molecule has 5 heteroatoms. The highest BCUT2D eigenvalue weighted by atomic mass is 35.5. The van der Waals surface area contributed by atoms with Gasteiger partial charge in [-0.1, -0.05) is 11.6 Å². The Kier molecular flexibility index (Phi) is 2.99. The smallest absolute Gasteiger partial charge is 0.0702 e. The van der Waals surface area contributed by atoms with Gasteiger partial charge < -0.3 is 4.55 Å². The summed E-state index contributed by atoms with van der Waals surface area (Å²) in [6.45, 7) is 0. The lowest BCUT2D eigenvalue weighted by Gasteiger charge is -2.04. The predicted molar refractivity (Wildman–Crippen MR) is 41.9 cm³/mol. The Labute approximate surface area is 71.7 Å². The van der Waals surface area contributed by atoms with E-state index in [-0.39, 0.29) is 5.75 Å². The van der Waals surface area contributed by atoms with Crippen LogP contribution in [-0.2, 0) is 16.8 Å². The second kappa shape index (κ2) is 3.80. The van der Waals surface area contributed by atoms with Crippen molar-refractivity contribution in [3.8, 4) is 0 Å². The molecular formula is C6H5ClNO2S-. The predicted octanol–water partition coefficient (Wildman–Crippen LogP) is 1.11. The molecule has 1 aromatic heterocycles. The lowest BCUT2D eigenvalue weighted by molar-refractivity contribution is 0.535. The molecule has 11 heavy (non-hydrogen) atoms. The van der Waals surface area contributed by atoms with E-state index in [0.29, 0.717) is 10.7 Å². The monoisotopic (exact) mass is 190 g/mol. The molecule has 0 saturated carbocycles. The van der Waals surface area contributed by atoms with E-state index in [1.807, 2.05) is 0 Å². The van der Waals surface area contributed by atoms with Crippen LogP contribution in [0.3, 0.4) is 0 Å². The summed E-state index contributed by atoms with van der Waals surface area (Å²) in [5.74, 6) is -0.125. The van der Waals surface area contributed by atoms with Gasteiger partial charge in [0.25, 0.3) is 0 Å². The Balaban J connectivity index is 2.86. The van der Waals surface area contributed by atoms with Crippen molar-refractivity contribution in [3.63, 3.8) is 0 Å². The molecule has 0 aromatic carbocycles. The molecule has 0 aliphatic carbocycles. The SMILES string of the molecule is O=S([O-])Cc1ncccc1Cl. The number of aromatic nitrogens is 1. The van der Waals surface area contributed by atoms with Crippen LogP contribution >= 0.6 is 11.6 Å². The number of halogens is 1. The quantitative estimate of drug-likeness (QED) is 0.657. The first kappa shape index (κ1) is 8.64. The zero-order valence-electron chi connectivity index (χ0n) is 5.49. The Morgan fingerprint density at radius 1 is 1.73 bits per heavy atom. The Morgan fingerprint density at radius 2 is 2.45 bits per heavy atom. The van der Waals surface area contributed by atoms with E-state index in [9.17, 15) is 8.76 Å². The largest absolute Gasteiger partial charge is 0.772 e. The van der Waals surface area contributed by atoms with E-state index in [4.69, 9.17) is 11.6 Å². The fraction of sp³-hybridized carbons (Fsp3) is 0.167. The fourth-order valence-electron chi connectivity index (χ4n) is 0.636. The van der Waals surface area contributed by atoms with Crippen molar-refractivity contribution >= 4 is 22.7 Å². The highest BCUT2D eigenvalue weighted by Crippen LogP contribution is 2.12. The maximum absolute atomic E-state index is 10.2. The summed E-state index contributed by atoms with van der Waals surface area (Å²) >= 11 is 3.51. The van der Waals surface area contributed by atoms with Crippen molar-refractivity contribution < 1.29 is 8.76 Å². The molecule has 60 valence electrons. The normalized spacial score (nSPS) is 12.9. The van der Waals surface area contributed by atoms with Crippen LogP contribution in [0.5, 0.6) is 0 Å². The highest BCUT2D eigenvalue weighted by molar-refractivity contribution is 7.78. The molecule has 1 rings (SSSR count). The Bertz CT molecular complexity index is 279. The van der Waals surface area contributed by atoms with E-state index in [0.717, 1.165) is 0 Å². The van der Waals surface area contributed by atoms with E-state index >= 15 is 0 Å². The number of nitrogens with zero attached hydrogens (tertiary/aromatic N) is 1. The van der Waals surface area contributed by atoms with Gasteiger partial charge in [0.15, 0.2) is 0 Å². The van der Waals surface area contributed by atoms with E-state index in [1.165, 1.54) is 6.20 Å². The number of hydrogen-bond donors (Lipinski definition) is 0. The molecule has 1 atom stereocenters. The minimum atomic E-state index is -2.12. The van der Waals surface area contributed by atoms with Gasteiger partial charge in [-0.2, -0.15) is 0 Å². The Morgan fingerprint density at radius 3 is 3.00 bits per heavy atom. The van der Waals surface area contributed by atoms with Crippen molar-refractivity contribution in [3.05, 3.63) is 29.0 Å². The van der Waals surface area contributed by atoms with Crippen LogP contribution in [-0.4, -0.2) is 13.7 Å². The van der Waals surface area contributed by atoms with Crippen molar-refractivity contribution in [2.24, 2.45) is 0 Å². The molecule has 0 amide bonds. The third-order valence-corrected chi connectivity index (χ3v) is 1.94. The van der Waals surface area contributed by atoms with Crippen molar-refractivity contribution in [2.45, 2.75) is 5.75 Å². The van der Waals surface area contributed by atoms with Crippen LogP contribution in [0.4, 0.5) is 0 Å². The van der Waals surface area contributed by atoms with Gasteiger partial charge in [-0.05, 0) is 23.2 Å². The second-order valence-electron chi connectivity index (χ2n) is 1.88. The summed E-state index contributed by atoms with van der Waals surface area (Å²) in [6.07, 6.45) is 1.51. The number of hydrogen-bond acceptors (Lipinski definition) is 3. The summed E-state index contributed by atoms with van der Waals surface area (Å²) in [5, 5.41) is 0.386. The Hall–Kier alpha value is -0.450. The maximum atomic E-state index is 10.2.